The quantitative estimate of drug-likeness (QED) is 0.192. The minimum Gasteiger partial charge on any atom is -0.284 e. The highest BCUT2D eigenvalue weighted by Crippen LogP contribution is 2.39. The lowest BCUT2D eigenvalue weighted by Gasteiger charge is -2.25. The highest BCUT2D eigenvalue weighted by molar-refractivity contribution is 6.10. The molecule has 50 heavy (non-hydrogen) atoms. The molecule has 238 valence electrons. The van der Waals surface area contributed by atoms with Crippen molar-refractivity contribution >= 4 is 51.1 Å². The van der Waals surface area contributed by atoms with E-state index in [1.165, 1.54) is 65.4 Å². The predicted molar refractivity (Wildman–Crippen MR) is 212 cm³/mol. The minimum atomic E-state index is 0.196. The Labute approximate surface area is 292 Å². The number of fused-ring (bicyclic) bond motifs is 5. The van der Waals surface area contributed by atoms with Gasteiger partial charge >= 0.3 is 0 Å². The van der Waals surface area contributed by atoms with Gasteiger partial charge in [-0.25, -0.2) is 0 Å². The smallest absolute Gasteiger partial charge is 0.0780 e. The average molecular weight is 641 g/mol. The molecule has 2 heteroatoms. The summed E-state index contributed by atoms with van der Waals surface area (Å²) in [6.45, 7) is 0. The van der Waals surface area contributed by atoms with Gasteiger partial charge in [0.2, 0.25) is 0 Å². The maximum absolute atomic E-state index is 4.97. The van der Waals surface area contributed by atoms with Crippen molar-refractivity contribution in [2.75, 3.05) is 0 Å². The molecule has 0 N–H and O–H groups in total. The summed E-state index contributed by atoms with van der Waals surface area (Å²) in [5, 5.41) is 7.90. The number of pyridine rings is 1. The standard InChI is InChI=1S/C48H36N2/c1-3-11-33-25-37(19-17-31(33)9-1)47-41-14-6-7-15-42(41)48(38-20-18-32-10-2-4-12-34(32)26-38)44-28-35(21-23-43(44)47)39-22-24-46(49-29-39)40-27-36-13-5-8-16-45(36)50-30-40/h1-5,8-25,27-30,34,36,45H,6-7,26H2. The van der Waals surface area contributed by atoms with E-state index in [1.54, 1.807) is 0 Å². The van der Waals surface area contributed by atoms with Gasteiger partial charge in [0.1, 0.15) is 0 Å². The minimum absolute atomic E-state index is 0.196. The first kappa shape index (κ1) is 29.1. The largest absolute Gasteiger partial charge is 0.284 e. The van der Waals surface area contributed by atoms with Gasteiger partial charge in [0.05, 0.1) is 11.7 Å². The summed E-state index contributed by atoms with van der Waals surface area (Å²) in [5.41, 5.74) is 11.1. The van der Waals surface area contributed by atoms with Crippen molar-refractivity contribution in [3.8, 4) is 22.3 Å². The van der Waals surface area contributed by atoms with Crippen LogP contribution in [0.4, 0.5) is 0 Å². The van der Waals surface area contributed by atoms with Crippen LogP contribution in [0.1, 0.15) is 30.5 Å². The lowest BCUT2D eigenvalue weighted by Crippen LogP contribution is -2.33. The fourth-order valence-electron chi connectivity index (χ4n) is 8.46. The first-order chi connectivity index (χ1) is 24.8. The van der Waals surface area contributed by atoms with Crippen molar-refractivity contribution in [3.05, 3.63) is 173 Å². The highest BCUT2D eigenvalue weighted by Gasteiger charge is 2.24. The molecule has 5 aromatic rings. The molecule has 0 bridgehead atoms. The van der Waals surface area contributed by atoms with Gasteiger partial charge in [0.25, 0.3) is 0 Å². The Morgan fingerprint density at radius 3 is 2.36 bits per heavy atom. The molecule has 4 aromatic carbocycles. The van der Waals surface area contributed by atoms with E-state index in [2.05, 4.69) is 152 Å². The summed E-state index contributed by atoms with van der Waals surface area (Å²) in [6, 6.07) is 27.3. The number of aliphatic imine (C=N–C) groups is 1. The molecule has 10 rings (SSSR count). The number of benzene rings is 4. The number of dihydropyridines is 1. The van der Waals surface area contributed by atoms with Crippen LogP contribution < -0.4 is 10.4 Å². The molecule has 0 radical (unpaired) electrons. The summed E-state index contributed by atoms with van der Waals surface area (Å²) < 4.78 is 0. The number of rotatable bonds is 4. The Hall–Kier alpha value is -5.86. The van der Waals surface area contributed by atoms with Crippen LogP contribution in [0.25, 0.3) is 67.1 Å². The van der Waals surface area contributed by atoms with Crippen LogP contribution >= 0.6 is 0 Å². The van der Waals surface area contributed by atoms with E-state index >= 15 is 0 Å². The fraction of sp³-hybridized carbons (Fsp3) is 0.125. The monoisotopic (exact) mass is 640 g/mol. The van der Waals surface area contributed by atoms with Crippen LogP contribution in [0, 0.1) is 11.8 Å². The molecule has 0 fully saturated rings. The first-order valence-electron chi connectivity index (χ1n) is 17.9. The van der Waals surface area contributed by atoms with Crippen LogP contribution in [0.5, 0.6) is 0 Å². The number of hydrogen-bond acceptors (Lipinski definition) is 2. The zero-order chi connectivity index (χ0) is 33.0. The van der Waals surface area contributed by atoms with Crippen molar-refractivity contribution in [1.82, 2.24) is 4.98 Å². The Balaban J connectivity index is 1.16. The molecule has 0 saturated heterocycles. The normalized spacial score (nSPS) is 21.4. The summed E-state index contributed by atoms with van der Waals surface area (Å²) >= 11 is 0. The second-order valence-electron chi connectivity index (χ2n) is 14.0. The van der Waals surface area contributed by atoms with E-state index in [0.717, 1.165) is 36.1 Å². The fourth-order valence-corrected chi connectivity index (χ4v) is 8.46. The molecule has 3 atom stereocenters. The number of hydrogen-bond donors (Lipinski definition) is 0. The van der Waals surface area contributed by atoms with Crippen LogP contribution in [0.15, 0.2) is 156 Å². The van der Waals surface area contributed by atoms with Crippen molar-refractivity contribution in [1.29, 1.82) is 0 Å². The van der Waals surface area contributed by atoms with Crippen molar-refractivity contribution in [2.45, 2.75) is 25.3 Å². The van der Waals surface area contributed by atoms with Crippen LogP contribution in [-0.4, -0.2) is 17.2 Å². The van der Waals surface area contributed by atoms with E-state index in [-0.39, 0.29) is 12.0 Å². The van der Waals surface area contributed by atoms with Crippen molar-refractivity contribution < 1.29 is 0 Å². The second kappa shape index (κ2) is 11.9. The Morgan fingerprint density at radius 2 is 1.46 bits per heavy atom. The molecule has 0 saturated carbocycles. The van der Waals surface area contributed by atoms with Gasteiger partial charge in [-0.1, -0.05) is 134 Å². The van der Waals surface area contributed by atoms with Gasteiger partial charge in [0.15, 0.2) is 0 Å². The molecular formula is C48H36N2. The maximum Gasteiger partial charge on any atom is 0.0780 e. The van der Waals surface area contributed by atoms with E-state index in [1.807, 2.05) is 12.4 Å². The van der Waals surface area contributed by atoms with Gasteiger partial charge in [-0.05, 0) is 103 Å². The van der Waals surface area contributed by atoms with Crippen LogP contribution in [0.2, 0.25) is 0 Å². The molecule has 1 aromatic heterocycles. The van der Waals surface area contributed by atoms with Gasteiger partial charge in [-0.2, -0.15) is 0 Å². The van der Waals surface area contributed by atoms with E-state index in [0.29, 0.717) is 5.92 Å². The molecular weight excluding hydrogens is 605 g/mol. The number of aromatic nitrogens is 1. The van der Waals surface area contributed by atoms with Gasteiger partial charge in [-0.3, -0.25) is 9.98 Å². The molecule has 1 aliphatic heterocycles. The molecule has 3 unspecified atom stereocenters. The Kier molecular flexibility index (Phi) is 6.94. The van der Waals surface area contributed by atoms with Gasteiger partial charge in [-0.15, -0.1) is 0 Å². The molecule has 4 aliphatic carbocycles. The molecule has 2 heterocycles. The molecule has 2 nitrogen and oxygen atoms in total. The van der Waals surface area contributed by atoms with E-state index in [9.17, 15) is 0 Å². The molecule has 5 aliphatic rings. The summed E-state index contributed by atoms with van der Waals surface area (Å²) in [7, 11) is 0. The van der Waals surface area contributed by atoms with Crippen molar-refractivity contribution in [2.24, 2.45) is 16.8 Å². The maximum atomic E-state index is 4.97. The SMILES string of the molecule is C1=CC2=CC=C(c3c4c(c(-c5ccc6ccccc6c5)c5ccc(-c6ccc(C7=CC8C=CC=CC8N=C7)nc6)cc35)=CCCC=4)CC2C=C1. The first-order valence-corrected chi connectivity index (χ1v) is 17.9. The third-order valence-corrected chi connectivity index (χ3v) is 11.0. The zero-order valence-electron chi connectivity index (χ0n) is 27.8. The van der Waals surface area contributed by atoms with Crippen LogP contribution in [-0.2, 0) is 0 Å². The summed E-state index contributed by atoms with van der Waals surface area (Å²) in [4.78, 5) is 9.77. The second-order valence-corrected chi connectivity index (χ2v) is 14.0. The lowest BCUT2D eigenvalue weighted by atomic mass is 9.78. The average Bonchev–Trinajstić information content (AvgIpc) is 3.19. The topological polar surface area (TPSA) is 25.2 Å². The van der Waals surface area contributed by atoms with Crippen LogP contribution in [0.3, 0.4) is 0 Å². The van der Waals surface area contributed by atoms with E-state index in [4.69, 9.17) is 9.98 Å². The lowest BCUT2D eigenvalue weighted by molar-refractivity contribution is 0.685. The van der Waals surface area contributed by atoms with Gasteiger partial charge < -0.3 is 0 Å². The predicted octanol–water partition coefficient (Wildman–Crippen LogP) is 10.1. The number of nitrogens with zero attached hydrogens (tertiary/aromatic N) is 2. The molecule has 0 spiro atoms. The summed E-state index contributed by atoms with van der Waals surface area (Å²) in [6.07, 6.45) is 36.7. The zero-order valence-corrected chi connectivity index (χ0v) is 27.8. The Morgan fingerprint density at radius 1 is 0.640 bits per heavy atom. The third kappa shape index (κ3) is 4.94. The Bertz CT molecular complexity index is 2620. The van der Waals surface area contributed by atoms with E-state index < -0.39 is 0 Å². The molecule has 0 amide bonds. The summed E-state index contributed by atoms with van der Waals surface area (Å²) in [5.74, 6) is 0.698. The third-order valence-electron chi connectivity index (χ3n) is 11.0. The number of allylic oxidation sites excluding steroid dienone is 11. The highest BCUT2D eigenvalue weighted by atomic mass is 14.8. The van der Waals surface area contributed by atoms with Crippen molar-refractivity contribution in [3.63, 3.8) is 0 Å². The van der Waals surface area contributed by atoms with Gasteiger partial charge in [0, 0.05) is 35.4 Å².